The number of ether oxygens (including phenoxy) is 4. The van der Waals surface area contributed by atoms with Crippen molar-refractivity contribution >= 4 is 0 Å². The summed E-state index contributed by atoms with van der Waals surface area (Å²) < 4.78 is 24.0. The Morgan fingerprint density at radius 3 is 2.33 bits per heavy atom. The van der Waals surface area contributed by atoms with Gasteiger partial charge in [-0.2, -0.15) is 0 Å². The van der Waals surface area contributed by atoms with Gasteiger partial charge in [0.25, 0.3) is 0 Å². The molecule has 4 nitrogen and oxygen atoms in total. The largest absolute Gasteiger partial charge is 0.376 e. The maximum Gasteiger partial charge on any atom is 0.146 e. The molecule has 0 saturated carbocycles. The Bertz CT molecular complexity index is 292. The molecule has 2 bridgehead atoms. The van der Waals surface area contributed by atoms with Gasteiger partial charge in [-0.25, -0.2) is 0 Å². The molecule has 0 unspecified atom stereocenters. The van der Waals surface area contributed by atoms with E-state index < -0.39 is 5.60 Å². The highest BCUT2D eigenvalue weighted by molar-refractivity contribution is 5.12. The van der Waals surface area contributed by atoms with Crippen LogP contribution in [0.2, 0.25) is 0 Å². The molecule has 0 aliphatic carbocycles. The summed E-state index contributed by atoms with van der Waals surface area (Å²) >= 11 is 0. The minimum Gasteiger partial charge on any atom is -0.376 e. The molecule has 0 aromatic carbocycles. The smallest absolute Gasteiger partial charge is 0.146 e. The Labute approximate surface area is 110 Å². The van der Waals surface area contributed by atoms with Crippen molar-refractivity contribution in [3.8, 4) is 0 Å². The van der Waals surface area contributed by atoms with E-state index in [4.69, 9.17) is 18.9 Å². The summed E-state index contributed by atoms with van der Waals surface area (Å²) in [5.41, 5.74) is -0.446. The molecule has 4 heteroatoms. The summed E-state index contributed by atoms with van der Waals surface area (Å²) in [5, 5.41) is 0. The van der Waals surface area contributed by atoms with Crippen LogP contribution in [-0.4, -0.2) is 48.8 Å². The fourth-order valence-corrected chi connectivity index (χ4v) is 2.88. The molecule has 5 atom stereocenters. The van der Waals surface area contributed by atoms with Gasteiger partial charge in [-0.05, 0) is 41.5 Å². The molecule has 2 rings (SSSR count). The summed E-state index contributed by atoms with van der Waals surface area (Å²) in [6, 6.07) is 0. The zero-order valence-corrected chi connectivity index (χ0v) is 12.3. The number of hydrogen-bond donors (Lipinski definition) is 0. The van der Waals surface area contributed by atoms with Crippen molar-refractivity contribution in [1.29, 1.82) is 0 Å². The third-order valence-electron chi connectivity index (χ3n) is 3.76. The third-order valence-corrected chi connectivity index (χ3v) is 3.76. The van der Waals surface area contributed by atoms with E-state index in [-0.39, 0.29) is 36.6 Å². The molecule has 0 radical (unpaired) electrons. The van der Waals surface area contributed by atoms with Gasteiger partial charge >= 0.3 is 0 Å². The molecule has 2 heterocycles. The monoisotopic (exact) mass is 258 g/mol. The second-order valence-electron chi connectivity index (χ2n) is 5.99. The normalized spacial score (nSPS) is 43.3. The number of hydrogen-bond acceptors (Lipinski definition) is 4. The first kappa shape index (κ1) is 14.3. The van der Waals surface area contributed by atoms with Crippen LogP contribution in [0.4, 0.5) is 0 Å². The fraction of sp³-hybridized carbons (Fsp3) is 1.00. The molecule has 0 aromatic rings. The van der Waals surface area contributed by atoms with Gasteiger partial charge in [0.2, 0.25) is 0 Å². The van der Waals surface area contributed by atoms with Crippen LogP contribution in [-0.2, 0) is 18.9 Å². The van der Waals surface area contributed by atoms with E-state index in [1.54, 1.807) is 0 Å². The van der Waals surface area contributed by atoms with E-state index in [2.05, 4.69) is 0 Å². The van der Waals surface area contributed by atoms with Gasteiger partial charge in [-0.3, -0.25) is 0 Å². The average molecular weight is 258 g/mol. The molecule has 0 aromatic heterocycles. The quantitative estimate of drug-likeness (QED) is 0.757. The van der Waals surface area contributed by atoms with Crippen molar-refractivity contribution in [2.45, 2.75) is 83.8 Å². The Morgan fingerprint density at radius 1 is 1.11 bits per heavy atom. The molecule has 2 fully saturated rings. The van der Waals surface area contributed by atoms with Crippen molar-refractivity contribution in [3.63, 3.8) is 0 Å². The lowest BCUT2D eigenvalue weighted by Gasteiger charge is -2.36. The fourth-order valence-electron chi connectivity index (χ4n) is 2.88. The first-order valence-electron chi connectivity index (χ1n) is 6.97. The molecule has 106 valence electrons. The van der Waals surface area contributed by atoms with Crippen LogP contribution >= 0.6 is 0 Å². The van der Waals surface area contributed by atoms with Crippen LogP contribution in [0.15, 0.2) is 0 Å². The van der Waals surface area contributed by atoms with E-state index in [1.807, 2.05) is 41.5 Å². The van der Waals surface area contributed by atoms with E-state index in [9.17, 15) is 0 Å². The summed E-state index contributed by atoms with van der Waals surface area (Å²) in [6.45, 7) is 12.8. The lowest BCUT2D eigenvalue weighted by atomic mass is 9.93. The topological polar surface area (TPSA) is 36.9 Å². The van der Waals surface area contributed by atoms with Gasteiger partial charge in [0, 0.05) is 0 Å². The molecule has 0 amide bonds. The van der Waals surface area contributed by atoms with Gasteiger partial charge in [-0.15, -0.1) is 0 Å². The molecule has 0 spiro atoms. The molecule has 18 heavy (non-hydrogen) atoms. The van der Waals surface area contributed by atoms with Gasteiger partial charge in [0.05, 0.1) is 31.0 Å². The maximum atomic E-state index is 6.15. The lowest BCUT2D eigenvalue weighted by molar-refractivity contribution is -0.204. The van der Waals surface area contributed by atoms with Crippen molar-refractivity contribution in [2.24, 2.45) is 0 Å². The average Bonchev–Trinajstić information content (AvgIpc) is 2.64. The highest BCUT2D eigenvalue weighted by atomic mass is 16.7. The second kappa shape index (κ2) is 5.08. The lowest BCUT2D eigenvalue weighted by Crippen LogP contribution is -2.52. The van der Waals surface area contributed by atoms with Crippen LogP contribution in [0.3, 0.4) is 0 Å². The zero-order chi connectivity index (χ0) is 13.5. The second-order valence-corrected chi connectivity index (χ2v) is 5.99. The highest BCUT2D eigenvalue weighted by Crippen LogP contribution is 2.46. The number of rotatable bonds is 5. The Balaban J connectivity index is 2.16. The highest BCUT2D eigenvalue weighted by Gasteiger charge is 2.65. The summed E-state index contributed by atoms with van der Waals surface area (Å²) in [5.74, 6) is 0. The molecular formula is C14H26O4. The summed E-state index contributed by atoms with van der Waals surface area (Å²) in [6.07, 6.45) is 0.435. The van der Waals surface area contributed by atoms with Gasteiger partial charge in [0.1, 0.15) is 17.8 Å². The van der Waals surface area contributed by atoms with Crippen molar-refractivity contribution in [2.75, 3.05) is 6.61 Å². The van der Waals surface area contributed by atoms with Crippen molar-refractivity contribution in [1.82, 2.24) is 0 Å². The Morgan fingerprint density at radius 2 is 1.78 bits per heavy atom. The van der Waals surface area contributed by atoms with Crippen LogP contribution in [0, 0.1) is 0 Å². The minimum atomic E-state index is -0.446. The van der Waals surface area contributed by atoms with E-state index in [0.717, 1.165) is 0 Å². The maximum absolute atomic E-state index is 6.15. The predicted octanol–water partition coefficient (Wildman–Crippen LogP) is 2.15. The van der Waals surface area contributed by atoms with E-state index in [1.165, 1.54) is 0 Å². The minimum absolute atomic E-state index is 0.0150. The molecule has 2 saturated heterocycles. The predicted molar refractivity (Wildman–Crippen MR) is 68.7 cm³/mol. The van der Waals surface area contributed by atoms with E-state index >= 15 is 0 Å². The molecule has 2 aliphatic heterocycles. The number of fused-ring (bicyclic) bond motifs is 2. The van der Waals surface area contributed by atoms with Crippen LogP contribution in [0.25, 0.3) is 0 Å². The zero-order valence-electron chi connectivity index (χ0n) is 12.3. The Kier molecular flexibility index (Phi) is 4.02. The van der Waals surface area contributed by atoms with E-state index in [0.29, 0.717) is 6.61 Å². The van der Waals surface area contributed by atoms with Gasteiger partial charge in [0.15, 0.2) is 0 Å². The first-order chi connectivity index (χ1) is 8.36. The molecular weight excluding hydrogens is 232 g/mol. The third kappa shape index (κ3) is 2.31. The summed E-state index contributed by atoms with van der Waals surface area (Å²) in [7, 11) is 0. The first-order valence-corrected chi connectivity index (χ1v) is 6.97. The van der Waals surface area contributed by atoms with Gasteiger partial charge < -0.3 is 18.9 Å². The van der Waals surface area contributed by atoms with Crippen molar-refractivity contribution < 1.29 is 18.9 Å². The standard InChI is InChI=1S/C14H26O4/c1-8(2)15-7-14-11(6)17-12(10(5)18-14)13(14)16-9(3)4/h8-13H,7H2,1-6H3/t10-,11-,12-,13-,14-/m0/s1. The summed E-state index contributed by atoms with van der Waals surface area (Å²) in [4.78, 5) is 0. The molecule has 2 aliphatic rings. The Hall–Kier alpha value is -0.160. The van der Waals surface area contributed by atoms with Crippen molar-refractivity contribution in [3.05, 3.63) is 0 Å². The molecule has 0 N–H and O–H groups in total. The van der Waals surface area contributed by atoms with Crippen LogP contribution in [0.5, 0.6) is 0 Å². The SMILES string of the molecule is CC(C)OC[C@]12O[C@@H](C)[C@H](O[C@H]1C)[C@@H]2OC(C)C. The van der Waals surface area contributed by atoms with Crippen LogP contribution in [0.1, 0.15) is 41.5 Å². The van der Waals surface area contributed by atoms with Crippen LogP contribution < -0.4 is 0 Å². The van der Waals surface area contributed by atoms with Gasteiger partial charge in [-0.1, -0.05) is 0 Å².